The lowest BCUT2D eigenvalue weighted by atomic mass is 9.90. The Morgan fingerprint density at radius 1 is 1.10 bits per heavy atom. The second kappa shape index (κ2) is 11.2. The summed E-state index contributed by atoms with van der Waals surface area (Å²) in [6.07, 6.45) is 3.18. The number of carbonyl (C=O) groups excluding carboxylic acids is 1. The zero-order valence-electron chi connectivity index (χ0n) is 17.2. The van der Waals surface area contributed by atoms with Crippen molar-refractivity contribution in [3.63, 3.8) is 0 Å². The van der Waals surface area contributed by atoms with Gasteiger partial charge in [0.25, 0.3) is 0 Å². The summed E-state index contributed by atoms with van der Waals surface area (Å²) < 4.78 is 0. The van der Waals surface area contributed by atoms with Crippen molar-refractivity contribution in [3.8, 4) is 0 Å². The number of rotatable bonds is 5. The summed E-state index contributed by atoms with van der Waals surface area (Å²) >= 11 is 0. The number of aliphatic imine (C=N–C) groups is 1. The Hall–Kier alpha value is -2.09. The van der Waals surface area contributed by atoms with Crippen LogP contribution in [0.4, 0.5) is 5.69 Å². The van der Waals surface area contributed by atoms with E-state index in [1.54, 1.807) is 0 Å². The maximum Gasteiger partial charge on any atom is 0.244 e. The van der Waals surface area contributed by atoms with Crippen LogP contribution >= 0.6 is 24.0 Å². The van der Waals surface area contributed by atoms with Crippen LogP contribution < -0.4 is 11.1 Å². The lowest BCUT2D eigenvalue weighted by Crippen LogP contribution is -2.40. The minimum absolute atomic E-state index is 0. The molecule has 0 spiro atoms. The van der Waals surface area contributed by atoms with Gasteiger partial charge < -0.3 is 16.0 Å². The van der Waals surface area contributed by atoms with Gasteiger partial charge in [-0.3, -0.25) is 4.79 Å². The van der Waals surface area contributed by atoms with Crippen LogP contribution in [0.1, 0.15) is 29.5 Å². The maximum absolute atomic E-state index is 12.5. The van der Waals surface area contributed by atoms with E-state index in [1.807, 2.05) is 36.9 Å². The van der Waals surface area contributed by atoms with E-state index in [1.165, 1.54) is 5.56 Å². The fraction of sp³-hybridized carbons (Fsp3) is 0.391. The predicted molar refractivity (Wildman–Crippen MR) is 131 cm³/mol. The summed E-state index contributed by atoms with van der Waals surface area (Å²) in [6.45, 7) is 5.77. The van der Waals surface area contributed by atoms with E-state index in [9.17, 15) is 4.79 Å². The number of piperidine rings is 1. The van der Waals surface area contributed by atoms with Crippen LogP contribution in [0.5, 0.6) is 0 Å². The Morgan fingerprint density at radius 3 is 2.34 bits per heavy atom. The van der Waals surface area contributed by atoms with Crippen LogP contribution in [0, 0.1) is 19.8 Å². The van der Waals surface area contributed by atoms with Crippen LogP contribution in [0.3, 0.4) is 0 Å². The normalized spacial score (nSPS) is 15.0. The number of hydrogen-bond donors (Lipinski definition) is 2. The Morgan fingerprint density at radius 2 is 1.72 bits per heavy atom. The molecule has 2 aromatic carbocycles. The third-order valence-corrected chi connectivity index (χ3v) is 5.21. The van der Waals surface area contributed by atoms with Crippen molar-refractivity contribution in [2.24, 2.45) is 16.6 Å². The number of nitrogens with two attached hydrogens (primary N) is 1. The Bertz CT molecular complexity index is 810. The highest BCUT2D eigenvalue weighted by Crippen LogP contribution is 2.21. The number of halogens is 1. The molecular formula is C23H31IN4O. The molecule has 5 nitrogen and oxygen atoms in total. The molecule has 0 aliphatic carbocycles. The van der Waals surface area contributed by atoms with Gasteiger partial charge in [0.1, 0.15) is 6.54 Å². The molecule has 1 heterocycles. The smallest absolute Gasteiger partial charge is 0.244 e. The molecule has 0 atom stereocenters. The number of aryl methyl sites for hydroxylation is 2. The van der Waals surface area contributed by atoms with Crippen molar-refractivity contribution in [2.75, 3.05) is 25.0 Å². The molecule has 0 unspecified atom stereocenters. The summed E-state index contributed by atoms with van der Waals surface area (Å²) in [5.41, 5.74) is 10.5. The number of anilines is 1. The topological polar surface area (TPSA) is 70.7 Å². The standard InChI is InChI=1S/C23H30N4O.HI/c1-17-12-18(2)14-21(13-17)26-23(24)25-16-22(28)27-10-8-20(9-11-27)15-19-6-4-3-5-7-19;/h3-7,12-14,20H,8-11,15-16H2,1-2H3,(H3,24,25,26);1H. The summed E-state index contributed by atoms with van der Waals surface area (Å²) in [5, 5.41) is 3.07. The van der Waals surface area contributed by atoms with Gasteiger partial charge in [0.15, 0.2) is 5.96 Å². The number of carbonyl (C=O) groups is 1. The third kappa shape index (κ3) is 7.34. The van der Waals surface area contributed by atoms with Crippen LogP contribution in [0.15, 0.2) is 53.5 Å². The Balaban J connectivity index is 0.00000300. The van der Waals surface area contributed by atoms with Gasteiger partial charge in [-0.25, -0.2) is 4.99 Å². The number of benzene rings is 2. The van der Waals surface area contributed by atoms with E-state index >= 15 is 0 Å². The maximum atomic E-state index is 12.5. The molecule has 1 amide bonds. The molecule has 29 heavy (non-hydrogen) atoms. The highest BCUT2D eigenvalue weighted by molar-refractivity contribution is 14.0. The van der Waals surface area contributed by atoms with Gasteiger partial charge in [0.2, 0.25) is 5.91 Å². The van der Waals surface area contributed by atoms with Crippen molar-refractivity contribution < 1.29 is 4.79 Å². The SMILES string of the molecule is Cc1cc(C)cc(NC(N)=NCC(=O)N2CCC(Cc3ccccc3)CC2)c1.I. The van der Waals surface area contributed by atoms with E-state index in [0.29, 0.717) is 5.92 Å². The first kappa shape index (κ1) is 23.2. The molecule has 1 fully saturated rings. The molecule has 0 aromatic heterocycles. The van der Waals surface area contributed by atoms with Gasteiger partial charge in [0.05, 0.1) is 0 Å². The predicted octanol–water partition coefficient (Wildman–Crippen LogP) is 4.13. The summed E-state index contributed by atoms with van der Waals surface area (Å²) in [4.78, 5) is 18.6. The molecule has 1 aliphatic rings. The summed E-state index contributed by atoms with van der Waals surface area (Å²) in [7, 11) is 0. The molecule has 156 valence electrons. The van der Waals surface area contributed by atoms with Gasteiger partial charge in [-0.05, 0) is 67.9 Å². The van der Waals surface area contributed by atoms with E-state index in [4.69, 9.17) is 5.73 Å². The van der Waals surface area contributed by atoms with E-state index in [-0.39, 0.29) is 42.4 Å². The van der Waals surface area contributed by atoms with Crippen molar-refractivity contribution in [1.29, 1.82) is 0 Å². The first-order valence-electron chi connectivity index (χ1n) is 9.96. The number of likely N-dealkylation sites (tertiary alicyclic amines) is 1. The van der Waals surface area contributed by atoms with E-state index < -0.39 is 0 Å². The van der Waals surface area contributed by atoms with Crippen LogP contribution in [0.25, 0.3) is 0 Å². The lowest BCUT2D eigenvalue weighted by Gasteiger charge is -2.31. The molecule has 3 rings (SSSR count). The van der Waals surface area contributed by atoms with Crippen LogP contribution in [-0.2, 0) is 11.2 Å². The summed E-state index contributed by atoms with van der Waals surface area (Å²) in [6, 6.07) is 16.7. The average molecular weight is 506 g/mol. The number of hydrogen-bond acceptors (Lipinski definition) is 2. The zero-order chi connectivity index (χ0) is 19.9. The van der Waals surface area contributed by atoms with Crippen molar-refractivity contribution in [3.05, 3.63) is 65.2 Å². The second-order valence-electron chi connectivity index (χ2n) is 7.72. The minimum Gasteiger partial charge on any atom is -0.370 e. The van der Waals surface area contributed by atoms with Gasteiger partial charge in [-0.1, -0.05) is 36.4 Å². The molecule has 0 bridgehead atoms. The molecule has 6 heteroatoms. The first-order valence-corrected chi connectivity index (χ1v) is 9.96. The molecule has 0 radical (unpaired) electrons. The highest BCUT2D eigenvalue weighted by atomic mass is 127. The molecule has 2 aromatic rings. The van der Waals surface area contributed by atoms with Crippen LogP contribution in [-0.4, -0.2) is 36.4 Å². The Kier molecular flexibility index (Phi) is 8.95. The number of nitrogens with one attached hydrogen (secondary N) is 1. The van der Waals surface area contributed by atoms with Gasteiger partial charge >= 0.3 is 0 Å². The largest absolute Gasteiger partial charge is 0.370 e. The molecule has 3 N–H and O–H groups in total. The second-order valence-corrected chi connectivity index (χ2v) is 7.72. The molecule has 1 saturated heterocycles. The molecule has 1 aliphatic heterocycles. The van der Waals surface area contributed by atoms with Crippen LogP contribution in [0.2, 0.25) is 0 Å². The number of guanidine groups is 1. The fourth-order valence-corrected chi connectivity index (χ4v) is 3.82. The van der Waals surface area contributed by atoms with Gasteiger partial charge in [-0.2, -0.15) is 0 Å². The lowest BCUT2D eigenvalue weighted by molar-refractivity contribution is -0.130. The minimum atomic E-state index is 0. The molecular weight excluding hydrogens is 475 g/mol. The van der Waals surface area contributed by atoms with E-state index in [0.717, 1.165) is 49.2 Å². The van der Waals surface area contributed by atoms with Crippen molar-refractivity contribution >= 4 is 41.5 Å². The fourth-order valence-electron chi connectivity index (χ4n) is 3.82. The average Bonchev–Trinajstić information content (AvgIpc) is 2.67. The monoisotopic (exact) mass is 506 g/mol. The Labute approximate surface area is 190 Å². The number of amides is 1. The highest BCUT2D eigenvalue weighted by Gasteiger charge is 2.22. The molecule has 0 saturated carbocycles. The van der Waals surface area contributed by atoms with E-state index in [2.05, 4.69) is 40.6 Å². The third-order valence-electron chi connectivity index (χ3n) is 5.21. The first-order chi connectivity index (χ1) is 13.5. The van der Waals surface area contributed by atoms with Gasteiger partial charge in [-0.15, -0.1) is 24.0 Å². The number of nitrogens with zero attached hydrogens (tertiary/aromatic N) is 2. The van der Waals surface area contributed by atoms with Crippen molar-refractivity contribution in [1.82, 2.24) is 4.90 Å². The van der Waals surface area contributed by atoms with Crippen molar-refractivity contribution in [2.45, 2.75) is 33.1 Å². The summed E-state index contributed by atoms with van der Waals surface area (Å²) in [5.74, 6) is 0.965. The quantitative estimate of drug-likeness (QED) is 0.364. The van der Waals surface area contributed by atoms with Gasteiger partial charge in [0, 0.05) is 18.8 Å². The zero-order valence-corrected chi connectivity index (χ0v) is 19.6.